The molecule has 18 heavy (non-hydrogen) atoms. The van der Waals surface area contributed by atoms with Crippen molar-refractivity contribution >= 4 is 17.0 Å². The molecule has 0 aliphatic carbocycles. The van der Waals surface area contributed by atoms with Gasteiger partial charge in [0.15, 0.2) is 0 Å². The third-order valence-corrected chi connectivity index (χ3v) is 2.94. The summed E-state index contributed by atoms with van der Waals surface area (Å²) in [4.78, 5) is 16.3. The third kappa shape index (κ3) is 2.10. The zero-order chi connectivity index (χ0) is 13.3. The fraction of sp³-hybridized carbons (Fsp3) is 0.429. The Labute approximate surface area is 107 Å². The van der Waals surface area contributed by atoms with Crippen molar-refractivity contribution in [2.75, 3.05) is 6.61 Å². The fourth-order valence-electron chi connectivity index (χ4n) is 2.07. The SMILES string of the molecule is CCOC(=O)c1ccc2nc(C(C)C)n(C)c2c1. The van der Waals surface area contributed by atoms with Crippen molar-refractivity contribution in [1.29, 1.82) is 0 Å². The summed E-state index contributed by atoms with van der Waals surface area (Å²) < 4.78 is 7.03. The molecule has 96 valence electrons. The number of benzene rings is 1. The van der Waals surface area contributed by atoms with Gasteiger partial charge < -0.3 is 9.30 Å². The Bertz CT molecular complexity index is 585. The first-order chi connectivity index (χ1) is 8.54. The van der Waals surface area contributed by atoms with Crippen LogP contribution in [0.2, 0.25) is 0 Å². The molecule has 2 rings (SSSR count). The minimum Gasteiger partial charge on any atom is -0.462 e. The normalized spacial score (nSPS) is 11.2. The molecule has 0 fully saturated rings. The lowest BCUT2D eigenvalue weighted by Crippen LogP contribution is -2.04. The second-order valence-corrected chi connectivity index (χ2v) is 4.61. The van der Waals surface area contributed by atoms with Crippen molar-refractivity contribution in [3.8, 4) is 0 Å². The minimum absolute atomic E-state index is 0.285. The summed E-state index contributed by atoms with van der Waals surface area (Å²) in [5.74, 6) is 1.09. The molecule has 2 aromatic rings. The van der Waals surface area contributed by atoms with E-state index in [1.165, 1.54) is 0 Å². The van der Waals surface area contributed by atoms with Crippen molar-refractivity contribution in [2.24, 2.45) is 7.05 Å². The van der Waals surface area contributed by atoms with Crippen LogP contribution in [0.25, 0.3) is 11.0 Å². The van der Waals surface area contributed by atoms with Crippen molar-refractivity contribution in [2.45, 2.75) is 26.7 Å². The molecular formula is C14H18N2O2. The van der Waals surface area contributed by atoms with E-state index in [0.29, 0.717) is 18.1 Å². The van der Waals surface area contributed by atoms with Crippen LogP contribution in [-0.2, 0) is 11.8 Å². The van der Waals surface area contributed by atoms with Gasteiger partial charge in [-0.2, -0.15) is 0 Å². The zero-order valence-electron chi connectivity index (χ0n) is 11.2. The van der Waals surface area contributed by atoms with Gasteiger partial charge in [0.05, 0.1) is 23.2 Å². The Hall–Kier alpha value is -1.84. The van der Waals surface area contributed by atoms with Crippen LogP contribution in [0.15, 0.2) is 18.2 Å². The molecule has 4 heteroatoms. The molecule has 0 unspecified atom stereocenters. The average Bonchev–Trinajstić information content (AvgIpc) is 2.67. The molecule has 0 aliphatic rings. The number of imidazole rings is 1. The topological polar surface area (TPSA) is 44.1 Å². The van der Waals surface area contributed by atoms with Gasteiger partial charge in [-0.3, -0.25) is 0 Å². The zero-order valence-corrected chi connectivity index (χ0v) is 11.2. The molecule has 4 nitrogen and oxygen atoms in total. The highest BCUT2D eigenvalue weighted by molar-refractivity contribution is 5.93. The van der Waals surface area contributed by atoms with E-state index in [4.69, 9.17) is 4.74 Å². The molecule has 0 N–H and O–H groups in total. The Balaban J connectivity index is 2.51. The Morgan fingerprint density at radius 3 is 2.78 bits per heavy atom. The summed E-state index contributed by atoms with van der Waals surface area (Å²) in [5, 5.41) is 0. The van der Waals surface area contributed by atoms with E-state index in [-0.39, 0.29) is 5.97 Å². The molecule has 0 bridgehead atoms. The highest BCUT2D eigenvalue weighted by atomic mass is 16.5. The molecule has 0 atom stereocenters. The van der Waals surface area contributed by atoms with Gasteiger partial charge in [0.2, 0.25) is 0 Å². The lowest BCUT2D eigenvalue weighted by Gasteiger charge is -2.05. The second kappa shape index (κ2) is 4.80. The van der Waals surface area contributed by atoms with Crippen LogP contribution < -0.4 is 0 Å². The van der Waals surface area contributed by atoms with Gasteiger partial charge in [-0.05, 0) is 25.1 Å². The van der Waals surface area contributed by atoms with Gasteiger partial charge in [-0.1, -0.05) is 13.8 Å². The van der Waals surface area contributed by atoms with Crippen LogP contribution in [0, 0.1) is 0 Å². The first-order valence-electron chi connectivity index (χ1n) is 6.18. The number of aryl methyl sites for hydroxylation is 1. The van der Waals surface area contributed by atoms with Crippen LogP contribution in [0.4, 0.5) is 0 Å². The van der Waals surface area contributed by atoms with Crippen LogP contribution in [0.1, 0.15) is 42.9 Å². The lowest BCUT2D eigenvalue weighted by atomic mass is 10.2. The maximum Gasteiger partial charge on any atom is 0.338 e. The predicted molar refractivity (Wildman–Crippen MR) is 70.8 cm³/mol. The summed E-state index contributed by atoms with van der Waals surface area (Å²) in [7, 11) is 1.97. The Morgan fingerprint density at radius 2 is 2.17 bits per heavy atom. The van der Waals surface area contributed by atoms with E-state index >= 15 is 0 Å². The molecule has 0 spiro atoms. The minimum atomic E-state index is -0.285. The summed E-state index contributed by atoms with van der Waals surface area (Å²) in [6.07, 6.45) is 0. The van der Waals surface area contributed by atoms with Gasteiger partial charge in [-0.15, -0.1) is 0 Å². The summed E-state index contributed by atoms with van der Waals surface area (Å²) in [6, 6.07) is 5.47. The first kappa shape index (κ1) is 12.6. The van der Waals surface area contributed by atoms with E-state index in [2.05, 4.69) is 18.8 Å². The van der Waals surface area contributed by atoms with Crippen molar-refractivity contribution in [3.05, 3.63) is 29.6 Å². The lowest BCUT2D eigenvalue weighted by molar-refractivity contribution is 0.0526. The van der Waals surface area contributed by atoms with Gasteiger partial charge in [0.25, 0.3) is 0 Å². The maximum atomic E-state index is 11.7. The van der Waals surface area contributed by atoms with Gasteiger partial charge in [0, 0.05) is 13.0 Å². The third-order valence-electron chi connectivity index (χ3n) is 2.94. The molecule has 0 saturated heterocycles. The molecule has 1 aromatic carbocycles. The van der Waals surface area contributed by atoms with E-state index < -0.39 is 0 Å². The van der Waals surface area contributed by atoms with E-state index in [9.17, 15) is 4.79 Å². The number of aromatic nitrogens is 2. The van der Waals surface area contributed by atoms with Crippen molar-refractivity contribution in [1.82, 2.24) is 9.55 Å². The number of carbonyl (C=O) groups is 1. The van der Waals surface area contributed by atoms with Gasteiger partial charge in [-0.25, -0.2) is 9.78 Å². The van der Waals surface area contributed by atoms with Crippen LogP contribution in [0.5, 0.6) is 0 Å². The average molecular weight is 246 g/mol. The smallest absolute Gasteiger partial charge is 0.338 e. The van der Waals surface area contributed by atoms with Gasteiger partial charge >= 0.3 is 5.97 Å². The maximum absolute atomic E-state index is 11.7. The molecule has 0 amide bonds. The molecule has 1 aromatic heterocycles. The van der Waals surface area contributed by atoms with Gasteiger partial charge in [0.1, 0.15) is 5.82 Å². The number of fused-ring (bicyclic) bond motifs is 1. The number of nitrogens with zero attached hydrogens (tertiary/aromatic N) is 2. The number of carbonyl (C=O) groups excluding carboxylic acids is 1. The quantitative estimate of drug-likeness (QED) is 0.782. The molecular weight excluding hydrogens is 228 g/mol. The standard InChI is InChI=1S/C14H18N2O2/c1-5-18-14(17)10-6-7-11-12(8-10)16(4)13(15-11)9(2)3/h6-9H,5H2,1-4H3. The highest BCUT2D eigenvalue weighted by Crippen LogP contribution is 2.21. The Morgan fingerprint density at radius 1 is 1.44 bits per heavy atom. The largest absolute Gasteiger partial charge is 0.462 e. The number of esters is 1. The summed E-state index contributed by atoms with van der Waals surface area (Å²) in [6.45, 7) is 6.40. The molecule has 0 aliphatic heterocycles. The van der Waals surface area contributed by atoms with E-state index in [1.807, 2.05) is 23.7 Å². The summed E-state index contributed by atoms with van der Waals surface area (Å²) >= 11 is 0. The summed E-state index contributed by atoms with van der Waals surface area (Å²) in [5.41, 5.74) is 2.45. The number of hydrogen-bond donors (Lipinski definition) is 0. The predicted octanol–water partition coefficient (Wildman–Crippen LogP) is 2.87. The van der Waals surface area contributed by atoms with Crippen LogP contribution in [0.3, 0.4) is 0 Å². The van der Waals surface area contributed by atoms with Crippen LogP contribution >= 0.6 is 0 Å². The first-order valence-corrected chi connectivity index (χ1v) is 6.18. The highest BCUT2D eigenvalue weighted by Gasteiger charge is 2.13. The monoisotopic (exact) mass is 246 g/mol. The number of ether oxygens (including phenoxy) is 1. The number of rotatable bonds is 3. The van der Waals surface area contributed by atoms with Crippen molar-refractivity contribution in [3.63, 3.8) is 0 Å². The number of hydrogen-bond acceptors (Lipinski definition) is 3. The van der Waals surface area contributed by atoms with Crippen LogP contribution in [-0.4, -0.2) is 22.1 Å². The second-order valence-electron chi connectivity index (χ2n) is 4.61. The van der Waals surface area contributed by atoms with Crippen molar-refractivity contribution < 1.29 is 9.53 Å². The molecule has 0 radical (unpaired) electrons. The van der Waals surface area contributed by atoms with E-state index in [1.54, 1.807) is 13.0 Å². The Kier molecular flexibility index (Phi) is 3.36. The molecule has 0 saturated carbocycles. The molecule has 1 heterocycles. The fourth-order valence-corrected chi connectivity index (χ4v) is 2.07. The van der Waals surface area contributed by atoms with E-state index in [0.717, 1.165) is 16.9 Å².